The lowest BCUT2D eigenvalue weighted by Crippen LogP contribution is -2.21. The number of rotatable bonds is 8. The molecule has 0 fully saturated rings. The topological polar surface area (TPSA) is 68.1 Å². The molecule has 0 unspecified atom stereocenters. The van der Waals surface area contributed by atoms with E-state index in [1.54, 1.807) is 0 Å². The minimum atomic E-state index is -3.53. The maximum absolute atomic E-state index is 12.6. The van der Waals surface area contributed by atoms with Crippen molar-refractivity contribution in [1.82, 2.24) is 14.5 Å². The van der Waals surface area contributed by atoms with Gasteiger partial charge in [0.1, 0.15) is 5.65 Å². The molecule has 0 aliphatic heterocycles. The second-order valence-corrected chi connectivity index (χ2v) is 10.9. The lowest BCUT2D eigenvalue weighted by atomic mass is 10.0. The van der Waals surface area contributed by atoms with Crippen LogP contribution >= 0.6 is 15.9 Å². The highest BCUT2D eigenvalue weighted by molar-refractivity contribution is 9.10. The van der Waals surface area contributed by atoms with Crippen molar-refractivity contribution in [3.8, 4) is 0 Å². The molecule has 2 aromatic heterocycles. The minimum Gasteiger partial charge on any atom is -0.329 e. The molecule has 31 heavy (non-hydrogen) atoms. The van der Waals surface area contributed by atoms with Gasteiger partial charge in [0.05, 0.1) is 11.1 Å². The van der Waals surface area contributed by atoms with E-state index in [9.17, 15) is 8.42 Å². The second-order valence-electron chi connectivity index (χ2n) is 8.14. The Labute approximate surface area is 193 Å². The number of aromatic nitrogens is 3. The normalized spacial score (nSPS) is 12.3. The molecule has 0 saturated heterocycles. The highest BCUT2D eigenvalue weighted by Crippen LogP contribution is 2.35. The van der Waals surface area contributed by atoms with Gasteiger partial charge in [0, 0.05) is 29.5 Å². The smallest absolute Gasteiger partial charge is 0.233 e. The minimum absolute atomic E-state index is 0.0746. The average Bonchev–Trinajstić information content (AvgIpc) is 3.13. The van der Waals surface area contributed by atoms with Crippen LogP contribution in [-0.2, 0) is 9.84 Å². The fourth-order valence-electron chi connectivity index (χ4n) is 3.90. The van der Waals surface area contributed by atoms with Crippen molar-refractivity contribution in [1.29, 1.82) is 0 Å². The quantitative estimate of drug-likeness (QED) is 0.338. The van der Waals surface area contributed by atoms with E-state index in [2.05, 4.69) is 65.3 Å². The van der Waals surface area contributed by atoms with Gasteiger partial charge in [-0.15, -0.1) is 0 Å². The molecule has 0 atom stereocenters. The maximum Gasteiger partial charge on any atom is 0.233 e. The molecule has 168 valence electrons. The first-order chi connectivity index (χ1) is 14.6. The third-order valence-corrected chi connectivity index (χ3v) is 7.35. The third-order valence-electron chi connectivity index (χ3n) is 5.70. The Bertz CT molecular complexity index is 1180. The van der Waals surface area contributed by atoms with E-state index >= 15 is 0 Å². The molecular weight excluding hydrogens is 476 g/mol. The number of nitrogens with zero attached hydrogens (tertiary/aromatic N) is 4. The first kappa shape index (κ1) is 23.7. The van der Waals surface area contributed by atoms with Gasteiger partial charge in [-0.25, -0.2) is 13.4 Å². The molecule has 0 bridgehead atoms. The SMILES string of the molecule is CCC(CC)n1ccc2c(S(C)(=O)=O)nc(N(CC)c3ccc(C(C)C)cc3Br)nc21. The average molecular weight is 507 g/mol. The molecule has 0 spiro atoms. The van der Waals surface area contributed by atoms with E-state index in [4.69, 9.17) is 4.98 Å². The molecule has 3 rings (SSSR count). The van der Waals surface area contributed by atoms with Crippen LogP contribution in [0.1, 0.15) is 65.0 Å². The summed E-state index contributed by atoms with van der Waals surface area (Å²) in [6, 6.07) is 8.30. The molecule has 0 aliphatic rings. The molecule has 6 nitrogen and oxygen atoms in total. The summed E-state index contributed by atoms with van der Waals surface area (Å²) in [6.45, 7) is 11.2. The molecule has 2 heterocycles. The van der Waals surface area contributed by atoms with Gasteiger partial charge in [0.2, 0.25) is 5.95 Å². The summed E-state index contributed by atoms with van der Waals surface area (Å²) in [5.74, 6) is 0.799. The van der Waals surface area contributed by atoms with Crippen LogP contribution < -0.4 is 4.90 Å². The summed E-state index contributed by atoms with van der Waals surface area (Å²) < 4.78 is 28.3. The van der Waals surface area contributed by atoms with Crippen molar-refractivity contribution in [3.63, 3.8) is 0 Å². The number of hydrogen-bond donors (Lipinski definition) is 0. The fraction of sp³-hybridized carbons (Fsp3) is 0.478. The summed E-state index contributed by atoms with van der Waals surface area (Å²) in [6.07, 6.45) is 5.01. The van der Waals surface area contributed by atoms with Crippen LogP contribution in [-0.4, -0.2) is 35.8 Å². The van der Waals surface area contributed by atoms with E-state index in [0.717, 1.165) is 23.0 Å². The van der Waals surface area contributed by atoms with Crippen LogP contribution in [0.15, 0.2) is 40.0 Å². The second kappa shape index (κ2) is 9.28. The first-order valence-electron chi connectivity index (χ1n) is 10.8. The molecule has 8 heteroatoms. The van der Waals surface area contributed by atoms with E-state index in [0.29, 0.717) is 29.4 Å². The monoisotopic (exact) mass is 506 g/mol. The van der Waals surface area contributed by atoms with Gasteiger partial charge in [-0.2, -0.15) is 4.98 Å². The van der Waals surface area contributed by atoms with Crippen LogP contribution in [0.25, 0.3) is 11.0 Å². The lowest BCUT2D eigenvalue weighted by molar-refractivity contribution is 0.483. The molecule has 1 aromatic carbocycles. The van der Waals surface area contributed by atoms with Crippen LogP contribution in [0.5, 0.6) is 0 Å². The Morgan fingerprint density at radius 2 is 1.77 bits per heavy atom. The Kier molecular flexibility index (Phi) is 7.11. The Morgan fingerprint density at radius 1 is 1.10 bits per heavy atom. The zero-order valence-corrected chi connectivity index (χ0v) is 21.5. The van der Waals surface area contributed by atoms with Crippen molar-refractivity contribution < 1.29 is 8.42 Å². The van der Waals surface area contributed by atoms with Crippen LogP contribution in [0, 0.1) is 0 Å². The number of sulfone groups is 1. The number of hydrogen-bond acceptors (Lipinski definition) is 5. The van der Waals surface area contributed by atoms with Gasteiger partial charge < -0.3 is 9.47 Å². The number of anilines is 2. The Hall–Kier alpha value is -1.93. The van der Waals surface area contributed by atoms with Gasteiger partial charge in [-0.3, -0.25) is 0 Å². The highest BCUT2D eigenvalue weighted by Gasteiger charge is 2.24. The van der Waals surface area contributed by atoms with Gasteiger partial charge in [-0.05, 0) is 65.4 Å². The molecule has 0 N–H and O–H groups in total. The van der Waals surface area contributed by atoms with Gasteiger partial charge in [0.25, 0.3) is 0 Å². The molecule has 3 aromatic rings. The number of benzene rings is 1. The fourth-order valence-corrected chi connectivity index (χ4v) is 5.31. The standard InChI is InChI=1S/C23H31BrN4O2S/c1-7-17(8-2)28-13-12-18-21(28)25-23(26-22(18)31(6,29)30)27(9-3)20-11-10-16(15(4)5)14-19(20)24/h10-15,17H,7-9H2,1-6H3. The zero-order valence-electron chi connectivity index (χ0n) is 19.1. The molecular formula is C23H31BrN4O2S. The van der Waals surface area contributed by atoms with E-state index < -0.39 is 9.84 Å². The zero-order chi connectivity index (χ0) is 22.9. The third kappa shape index (κ3) is 4.65. The molecule has 0 aliphatic carbocycles. The van der Waals surface area contributed by atoms with Crippen molar-refractivity contribution in [3.05, 3.63) is 40.5 Å². The van der Waals surface area contributed by atoms with Crippen molar-refractivity contribution in [2.45, 2.75) is 64.4 Å². The maximum atomic E-state index is 12.6. The van der Waals surface area contributed by atoms with Gasteiger partial charge >= 0.3 is 0 Å². The summed E-state index contributed by atoms with van der Waals surface area (Å²) in [5.41, 5.74) is 2.79. The molecule has 0 saturated carbocycles. The van der Waals surface area contributed by atoms with E-state index in [-0.39, 0.29) is 11.1 Å². The van der Waals surface area contributed by atoms with E-state index in [1.807, 2.05) is 30.2 Å². The summed E-state index contributed by atoms with van der Waals surface area (Å²) in [7, 11) is -3.53. The summed E-state index contributed by atoms with van der Waals surface area (Å²) in [4.78, 5) is 11.4. The van der Waals surface area contributed by atoms with Gasteiger partial charge in [0.15, 0.2) is 14.9 Å². The largest absolute Gasteiger partial charge is 0.329 e. The van der Waals surface area contributed by atoms with Crippen molar-refractivity contribution >= 4 is 48.4 Å². The number of fused-ring (bicyclic) bond motifs is 1. The van der Waals surface area contributed by atoms with Crippen LogP contribution in [0.2, 0.25) is 0 Å². The van der Waals surface area contributed by atoms with Crippen molar-refractivity contribution in [2.24, 2.45) is 0 Å². The molecule has 0 radical (unpaired) electrons. The summed E-state index contributed by atoms with van der Waals surface area (Å²) in [5, 5.41) is 0.647. The van der Waals surface area contributed by atoms with Crippen LogP contribution in [0.4, 0.5) is 11.6 Å². The Balaban J connectivity index is 2.26. The first-order valence-corrected chi connectivity index (χ1v) is 13.5. The van der Waals surface area contributed by atoms with Gasteiger partial charge in [-0.1, -0.05) is 33.8 Å². The predicted octanol–water partition coefficient (Wildman–Crippen LogP) is 6.24. The highest BCUT2D eigenvalue weighted by atomic mass is 79.9. The van der Waals surface area contributed by atoms with E-state index in [1.165, 1.54) is 11.8 Å². The number of halogens is 1. The predicted molar refractivity (Wildman–Crippen MR) is 131 cm³/mol. The van der Waals surface area contributed by atoms with Crippen molar-refractivity contribution in [2.75, 3.05) is 17.7 Å². The summed E-state index contributed by atoms with van der Waals surface area (Å²) >= 11 is 3.69. The molecule has 0 amide bonds. The van der Waals surface area contributed by atoms with Crippen LogP contribution in [0.3, 0.4) is 0 Å². The lowest BCUT2D eigenvalue weighted by Gasteiger charge is -2.24. The Morgan fingerprint density at radius 3 is 2.29 bits per heavy atom.